The maximum absolute atomic E-state index is 2.43. The van der Waals surface area contributed by atoms with Gasteiger partial charge in [-0.1, -0.05) is 220 Å². The van der Waals surface area contributed by atoms with Crippen molar-refractivity contribution >= 4 is 44.9 Å². The van der Waals surface area contributed by atoms with Gasteiger partial charge in [0, 0.05) is 39.3 Å². The molecule has 0 saturated heterocycles. The Morgan fingerprint density at radius 3 is 1.54 bits per heavy atom. The minimum Gasteiger partial charge on any atom is -0.310 e. The number of hydrogen-bond acceptors (Lipinski definition) is 2. The minimum atomic E-state index is -0.110. The molecule has 1 aliphatic rings. The Morgan fingerprint density at radius 2 is 0.768 bits per heavy atom. The zero-order chi connectivity index (χ0) is 46.3. The number of nitrogens with zero attached hydrogens (tertiary/aromatic N) is 2. The summed E-state index contributed by atoms with van der Waals surface area (Å²) in [5.41, 5.74) is 21.3. The first kappa shape index (κ1) is 41.7. The fraction of sp³-hybridized carbons (Fsp3) is 0.0448. The lowest BCUT2D eigenvalue weighted by molar-refractivity contribution is 0.660. The van der Waals surface area contributed by atoms with Crippen LogP contribution >= 0.6 is 0 Å². The SMILES string of the molecule is CC1(C)c2ccccc2-c2ccc(N(c3ccccc3)c3ccccc3-c3ccc(-c4cccc(N(c5ccc(-c6ccccc6)cc5)c5ccc6ccccc6c5-c5ccccc5)c4)cc3)cc21. The molecule has 0 aliphatic heterocycles. The minimum absolute atomic E-state index is 0.110. The number of hydrogen-bond donors (Lipinski definition) is 0. The van der Waals surface area contributed by atoms with E-state index in [-0.39, 0.29) is 5.41 Å². The molecule has 0 heterocycles. The van der Waals surface area contributed by atoms with Gasteiger partial charge in [0.05, 0.1) is 11.4 Å². The molecule has 0 radical (unpaired) electrons. The molecule has 0 aromatic heterocycles. The van der Waals surface area contributed by atoms with Crippen LogP contribution in [0.5, 0.6) is 0 Å². The van der Waals surface area contributed by atoms with E-state index < -0.39 is 0 Å². The van der Waals surface area contributed by atoms with E-state index in [0.717, 1.165) is 50.8 Å². The predicted molar refractivity (Wildman–Crippen MR) is 293 cm³/mol. The van der Waals surface area contributed by atoms with Gasteiger partial charge in [-0.3, -0.25) is 0 Å². The molecule has 0 saturated carbocycles. The fourth-order valence-electron chi connectivity index (χ4n) is 10.6. The summed E-state index contributed by atoms with van der Waals surface area (Å²) in [4.78, 5) is 4.85. The molecule has 0 unspecified atom stereocenters. The van der Waals surface area contributed by atoms with Crippen LogP contribution in [0.1, 0.15) is 25.0 Å². The summed E-state index contributed by atoms with van der Waals surface area (Å²) >= 11 is 0. The van der Waals surface area contributed by atoms with Crippen molar-refractivity contribution in [1.82, 2.24) is 0 Å². The lowest BCUT2D eigenvalue weighted by Gasteiger charge is -2.30. The highest BCUT2D eigenvalue weighted by atomic mass is 15.2. The van der Waals surface area contributed by atoms with Gasteiger partial charge in [-0.05, 0) is 127 Å². The number of fused-ring (bicyclic) bond motifs is 4. The van der Waals surface area contributed by atoms with E-state index in [2.05, 4.69) is 291 Å². The van der Waals surface area contributed by atoms with Gasteiger partial charge in [-0.2, -0.15) is 0 Å². The Balaban J connectivity index is 0.942. The largest absolute Gasteiger partial charge is 0.310 e. The van der Waals surface area contributed by atoms with Crippen LogP contribution in [0.3, 0.4) is 0 Å². The average Bonchev–Trinajstić information content (AvgIpc) is 3.65. The fourth-order valence-corrected chi connectivity index (χ4v) is 10.6. The van der Waals surface area contributed by atoms with Gasteiger partial charge >= 0.3 is 0 Å². The Bertz CT molecular complexity index is 3610. The molecule has 0 spiro atoms. The molecule has 1 aliphatic carbocycles. The normalized spacial score (nSPS) is 12.3. The van der Waals surface area contributed by atoms with Crippen LogP contribution in [0.2, 0.25) is 0 Å². The third-order valence-electron chi connectivity index (χ3n) is 14.1. The molecule has 2 nitrogen and oxygen atoms in total. The van der Waals surface area contributed by atoms with E-state index in [4.69, 9.17) is 0 Å². The second-order valence-electron chi connectivity index (χ2n) is 18.5. The molecule has 0 atom stereocenters. The zero-order valence-corrected chi connectivity index (χ0v) is 38.8. The van der Waals surface area contributed by atoms with Crippen molar-refractivity contribution < 1.29 is 0 Å². The maximum Gasteiger partial charge on any atom is 0.0546 e. The number of benzene rings is 11. The highest BCUT2D eigenvalue weighted by Gasteiger charge is 2.36. The Kier molecular flexibility index (Phi) is 10.6. The first-order chi connectivity index (χ1) is 34.0. The first-order valence-electron chi connectivity index (χ1n) is 23.9. The molecule has 0 bridgehead atoms. The number of para-hydroxylation sites is 2. The first-order valence-corrected chi connectivity index (χ1v) is 23.9. The van der Waals surface area contributed by atoms with Crippen LogP contribution in [0.25, 0.3) is 66.4 Å². The van der Waals surface area contributed by atoms with Crippen molar-refractivity contribution in [3.8, 4) is 55.6 Å². The molecular formula is C67H50N2. The Labute approximate surface area is 405 Å². The summed E-state index contributed by atoms with van der Waals surface area (Å²) in [5, 5.41) is 2.43. The summed E-state index contributed by atoms with van der Waals surface area (Å²) in [6, 6.07) is 97.3. The maximum atomic E-state index is 2.43. The van der Waals surface area contributed by atoms with Crippen LogP contribution in [-0.4, -0.2) is 0 Å². The molecule has 0 N–H and O–H groups in total. The summed E-state index contributed by atoms with van der Waals surface area (Å²) < 4.78 is 0. The second-order valence-corrected chi connectivity index (χ2v) is 18.5. The molecule has 0 amide bonds. The summed E-state index contributed by atoms with van der Waals surface area (Å²) in [6.07, 6.45) is 0. The Hall–Kier alpha value is -8.72. The summed E-state index contributed by atoms with van der Waals surface area (Å²) in [7, 11) is 0. The van der Waals surface area contributed by atoms with Gasteiger partial charge < -0.3 is 9.80 Å². The number of rotatable bonds is 10. The van der Waals surface area contributed by atoms with Crippen molar-refractivity contribution in [2.75, 3.05) is 9.80 Å². The van der Waals surface area contributed by atoms with Gasteiger partial charge in [-0.25, -0.2) is 0 Å². The van der Waals surface area contributed by atoms with Crippen molar-refractivity contribution in [2.45, 2.75) is 19.3 Å². The van der Waals surface area contributed by atoms with E-state index >= 15 is 0 Å². The Morgan fingerprint density at radius 1 is 0.275 bits per heavy atom. The van der Waals surface area contributed by atoms with Crippen molar-refractivity contribution in [2.24, 2.45) is 0 Å². The number of anilines is 6. The van der Waals surface area contributed by atoms with Crippen LogP contribution < -0.4 is 9.80 Å². The zero-order valence-electron chi connectivity index (χ0n) is 38.8. The monoisotopic (exact) mass is 882 g/mol. The second kappa shape index (κ2) is 17.5. The van der Waals surface area contributed by atoms with E-state index in [1.54, 1.807) is 0 Å². The molecule has 328 valence electrons. The standard InChI is InChI=1S/C67H50N2/c1-67(2)62-31-16-14-30-60(62)61-43-42-57(46-63(61)67)68(54-25-10-5-11-26-54)64-32-17-15-28-58(64)51-35-33-49(34-36-51)53-24-18-27-56(45-53)69(55-40-37-48(38-41-55)47-19-6-3-7-20-47)65-44-39-50-21-12-13-29-59(50)66(65)52-22-8-4-9-23-52/h3-46H,1-2H3. The topological polar surface area (TPSA) is 6.48 Å². The smallest absolute Gasteiger partial charge is 0.0546 e. The predicted octanol–water partition coefficient (Wildman–Crippen LogP) is 18.8. The molecular weight excluding hydrogens is 833 g/mol. The molecule has 69 heavy (non-hydrogen) atoms. The molecule has 2 heteroatoms. The highest BCUT2D eigenvalue weighted by molar-refractivity contribution is 6.05. The third kappa shape index (κ3) is 7.57. The molecule has 0 fully saturated rings. The average molecular weight is 883 g/mol. The summed E-state index contributed by atoms with van der Waals surface area (Å²) in [5.74, 6) is 0. The van der Waals surface area contributed by atoms with Crippen molar-refractivity contribution in [3.63, 3.8) is 0 Å². The van der Waals surface area contributed by atoms with Crippen LogP contribution in [0, 0.1) is 0 Å². The lowest BCUT2D eigenvalue weighted by Crippen LogP contribution is -2.16. The van der Waals surface area contributed by atoms with E-state index in [1.807, 2.05) is 0 Å². The van der Waals surface area contributed by atoms with Gasteiger partial charge in [-0.15, -0.1) is 0 Å². The van der Waals surface area contributed by atoms with E-state index in [9.17, 15) is 0 Å². The molecule has 11 aromatic carbocycles. The van der Waals surface area contributed by atoms with Gasteiger partial charge in [0.1, 0.15) is 0 Å². The van der Waals surface area contributed by atoms with Crippen molar-refractivity contribution in [1.29, 1.82) is 0 Å². The van der Waals surface area contributed by atoms with Gasteiger partial charge in [0.25, 0.3) is 0 Å². The summed E-state index contributed by atoms with van der Waals surface area (Å²) in [6.45, 7) is 4.71. The van der Waals surface area contributed by atoms with Crippen LogP contribution in [-0.2, 0) is 5.41 Å². The van der Waals surface area contributed by atoms with Gasteiger partial charge in [0.2, 0.25) is 0 Å². The van der Waals surface area contributed by atoms with E-state index in [0.29, 0.717) is 0 Å². The molecule has 11 aromatic rings. The van der Waals surface area contributed by atoms with E-state index in [1.165, 1.54) is 60.8 Å². The lowest BCUT2D eigenvalue weighted by atomic mass is 9.82. The molecule has 12 rings (SSSR count). The van der Waals surface area contributed by atoms with Crippen LogP contribution in [0.4, 0.5) is 34.1 Å². The van der Waals surface area contributed by atoms with Crippen molar-refractivity contribution in [3.05, 3.63) is 278 Å². The van der Waals surface area contributed by atoms with Crippen LogP contribution in [0.15, 0.2) is 267 Å². The third-order valence-corrected chi connectivity index (χ3v) is 14.1. The highest BCUT2D eigenvalue weighted by Crippen LogP contribution is 2.52. The quantitative estimate of drug-likeness (QED) is 0.135. The van der Waals surface area contributed by atoms with Gasteiger partial charge in [0.15, 0.2) is 0 Å².